The van der Waals surface area contributed by atoms with E-state index in [0.29, 0.717) is 26.0 Å². The lowest BCUT2D eigenvalue weighted by Gasteiger charge is -2.29. The monoisotopic (exact) mass is 269 g/mol. The number of carbonyl (C=O) groups excluding carboxylic acids is 2. The third-order valence-electron chi connectivity index (χ3n) is 2.25. The zero-order valence-corrected chi connectivity index (χ0v) is 11.2. The maximum atomic E-state index is 11.6. The van der Waals surface area contributed by atoms with E-state index in [2.05, 4.69) is 12.1 Å². The van der Waals surface area contributed by atoms with E-state index < -0.39 is 17.7 Å². The van der Waals surface area contributed by atoms with Crippen LogP contribution in [0.1, 0.15) is 26.7 Å². The predicted molar refractivity (Wildman–Crippen MR) is 67.7 cm³/mol. The molecule has 1 aliphatic rings. The Balaban J connectivity index is 2.34. The van der Waals surface area contributed by atoms with E-state index in [1.807, 2.05) is 0 Å². The summed E-state index contributed by atoms with van der Waals surface area (Å²) in [5, 5.41) is 0. The van der Waals surface area contributed by atoms with Gasteiger partial charge in [0.2, 0.25) is 0 Å². The summed E-state index contributed by atoms with van der Waals surface area (Å²) in [5.74, 6) is -2.47. The van der Waals surface area contributed by atoms with Crippen LogP contribution in [0.25, 0.3) is 0 Å². The highest BCUT2D eigenvalue weighted by atomic mass is 16.7. The summed E-state index contributed by atoms with van der Waals surface area (Å²) < 4.78 is 9.93. The number of hydrogen-bond donors (Lipinski definition) is 1. The van der Waals surface area contributed by atoms with E-state index >= 15 is 0 Å². The molecule has 1 rings (SSSR count). The fraction of sp³-hybridized carbons (Fsp3) is 0.538. The number of esters is 2. The van der Waals surface area contributed by atoms with E-state index in [0.717, 1.165) is 0 Å². The zero-order chi connectivity index (χ0) is 14.3. The topological polar surface area (TPSA) is 73.9 Å². The lowest BCUT2D eigenvalue weighted by molar-refractivity contribution is -0.222. The minimum atomic E-state index is -1.19. The van der Waals surface area contributed by atoms with Crippen molar-refractivity contribution in [2.45, 2.75) is 32.5 Å². The van der Waals surface area contributed by atoms with Gasteiger partial charge in [0, 0.05) is 20.4 Å². The van der Waals surface area contributed by atoms with Crippen molar-refractivity contribution in [2.24, 2.45) is 0 Å². The van der Waals surface area contributed by atoms with Gasteiger partial charge < -0.3 is 9.47 Å². The summed E-state index contributed by atoms with van der Waals surface area (Å²) in [6.45, 7) is 7.57. The van der Waals surface area contributed by atoms with Crippen LogP contribution in [0.4, 0.5) is 0 Å². The number of ether oxygens (including phenoxy) is 2. The molecule has 0 bridgehead atoms. The van der Waals surface area contributed by atoms with Crippen molar-refractivity contribution in [1.29, 1.82) is 0 Å². The summed E-state index contributed by atoms with van der Waals surface area (Å²) in [7, 11) is 0. The molecule has 1 heterocycles. The molecule has 0 aromatic carbocycles. The molecular formula is C13H19NO5. The molecule has 0 aromatic heterocycles. The van der Waals surface area contributed by atoms with E-state index in [1.165, 1.54) is 19.9 Å². The Morgan fingerprint density at radius 1 is 1.32 bits per heavy atom. The van der Waals surface area contributed by atoms with Gasteiger partial charge in [0.1, 0.15) is 5.57 Å². The zero-order valence-electron chi connectivity index (χ0n) is 11.2. The van der Waals surface area contributed by atoms with E-state index in [4.69, 9.17) is 14.3 Å². The van der Waals surface area contributed by atoms with E-state index in [9.17, 15) is 9.59 Å². The lowest BCUT2D eigenvalue weighted by Crippen LogP contribution is -2.41. The van der Waals surface area contributed by atoms with Crippen LogP contribution in [0.5, 0.6) is 0 Å². The van der Waals surface area contributed by atoms with Gasteiger partial charge in [-0.25, -0.2) is 15.1 Å². The van der Waals surface area contributed by atoms with Crippen LogP contribution in [0.15, 0.2) is 24.3 Å². The fourth-order valence-corrected chi connectivity index (χ4v) is 1.44. The Kier molecular flexibility index (Phi) is 5.72. The summed E-state index contributed by atoms with van der Waals surface area (Å²) in [6, 6.07) is 0. The average molecular weight is 269 g/mol. The second kappa shape index (κ2) is 7.06. The van der Waals surface area contributed by atoms with Crippen LogP contribution >= 0.6 is 0 Å². The molecule has 6 heteroatoms. The highest BCUT2D eigenvalue weighted by Crippen LogP contribution is 2.22. The Labute approximate surface area is 112 Å². The molecule has 0 atom stereocenters. The second-order valence-electron chi connectivity index (χ2n) is 4.43. The third-order valence-corrected chi connectivity index (χ3v) is 2.25. The van der Waals surface area contributed by atoms with E-state index in [-0.39, 0.29) is 5.57 Å². The smallest absolute Gasteiger partial charge is 0.348 e. The van der Waals surface area contributed by atoms with Crippen molar-refractivity contribution in [1.82, 2.24) is 5.48 Å². The summed E-state index contributed by atoms with van der Waals surface area (Å²) >= 11 is 0. The van der Waals surface area contributed by atoms with Crippen LogP contribution in [0.3, 0.4) is 0 Å². The fourth-order valence-electron chi connectivity index (χ4n) is 1.44. The lowest BCUT2D eigenvalue weighted by atomic mass is 10.1. The molecule has 1 aliphatic heterocycles. The first-order valence-electron chi connectivity index (χ1n) is 6.08. The van der Waals surface area contributed by atoms with Crippen LogP contribution in [-0.2, 0) is 23.9 Å². The van der Waals surface area contributed by atoms with Gasteiger partial charge in [-0.2, -0.15) is 0 Å². The van der Waals surface area contributed by atoms with Gasteiger partial charge in [0.05, 0.1) is 6.61 Å². The molecule has 0 unspecified atom stereocenters. The highest BCUT2D eigenvalue weighted by Gasteiger charge is 2.38. The average Bonchev–Trinajstić information content (AvgIpc) is 2.29. The van der Waals surface area contributed by atoms with Crippen LogP contribution in [-0.4, -0.2) is 30.9 Å². The number of carbonyl (C=O) groups is 2. The second-order valence-corrected chi connectivity index (χ2v) is 4.43. The van der Waals surface area contributed by atoms with Gasteiger partial charge in [-0.1, -0.05) is 12.2 Å². The minimum absolute atomic E-state index is 0.0497. The Hall–Kier alpha value is -1.66. The summed E-state index contributed by atoms with van der Waals surface area (Å²) in [5.41, 5.74) is 2.68. The molecule has 0 aromatic rings. The molecule has 6 nitrogen and oxygen atoms in total. The Morgan fingerprint density at radius 2 is 1.95 bits per heavy atom. The summed E-state index contributed by atoms with van der Waals surface area (Å²) in [6.07, 6.45) is 4.41. The maximum absolute atomic E-state index is 11.6. The number of rotatable bonds is 7. The van der Waals surface area contributed by atoms with Crippen molar-refractivity contribution < 1.29 is 23.9 Å². The molecule has 0 radical (unpaired) electrons. The quantitative estimate of drug-likeness (QED) is 0.187. The van der Waals surface area contributed by atoms with Gasteiger partial charge in [0.15, 0.2) is 0 Å². The molecular weight excluding hydrogens is 250 g/mol. The number of allylic oxidation sites excluding steroid dienone is 1. The first kappa shape index (κ1) is 15.4. The normalized spacial score (nSPS) is 17.7. The molecule has 0 saturated carbocycles. The van der Waals surface area contributed by atoms with Crippen molar-refractivity contribution in [3.8, 4) is 0 Å². The SMILES string of the molecule is C=CCONCCCC=C1C(=O)OC(C)(C)OC1=O. The Bertz CT molecular complexity index is 364. The minimum Gasteiger partial charge on any atom is -0.419 e. The highest BCUT2D eigenvalue weighted by molar-refractivity contribution is 6.15. The number of hydroxylamine groups is 1. The van der Waals surface area contributed by atoms with Gasteiger partial charge in [-0.05, 0) is 12.8 Å². The maximum Gasteiger partial charge on any atom is 0.348 e. The standard InChI is InChI=1S/C13H19NO5/c1-4-9-17-14-8-6-5-7-10-11(15)18-13(2,3)19-12(10)16/h4,7,14H,1,5-6,8-9H2,2-3H3. The number of nitrogens with one attached hydrogen (secondary N) is 1. The third kappa shape index (κ3) is 5.23. The Morgan fingerprint density at radius 3 is 2.53 bits per heavy atom. The van der Waals surface area contributed by atoms with Crippen LogP contribution in [0, 0.1) is 0 Å². The van der Waals surface area contributed by atoms with E-state index in [1.54, 1.807) is 6.08 Å². The van der Waals surface area contributed by atoms with Crippen molar-refractivity contribution in [3.63, 3.8) is 0 Å². The first-order valence-corrected chi connectivity index (χ1v) is 6.08. The van der Waals surface area contributed by atoms with Gasteiger partial charge >= 0.3 is 11.9 Å². The van der Waals surface area contributed by atoms with Crippen molar-refractivity contribution >= 4 is 11.9 Å². The molecule has 19 heavy (non-hydrogen) atoms. The molecule has 0 amide bonds. The van der Waals surface area contributed by atoms with Crippen LogP contribution < -0.4 is 5.48 Å². The molecule has 0 spiro atoms. The summed E-state index contributed by atoms with van der Waals surface area (Å²) in [4.78, 5) is 28.1. The first-order chi connectivity index (χ1) is 8.96. The number of hydrogen-bond acceptors (Lipinski definition) is 6. The number of cyclic esters (lactones) is 2. The van der Waals surface area contributed by atoms with Gasteiger partial charge in [-0.3, -0.25) is 4.84 Å². The molecule has 1 saturated heterocycles. The molecule has 1 fully saturated rings. The van der Waals surface area contributed by atoms with Crippen molar-refractivity contribution in [2.75, 3.05) is 13.2 Å². The molecule has 1 N–H and O–H groups in total. The van der Waals surface area contributed by atoms with Crippen molar-refractivity contribution in [3.05, 3.63) is 24.3 Å². The number of unbranched alkanes of at least 4 members (excludes halogenated alkanes) is 1. The molecule has 0 aliphatic carbocycles. The predicted octanol–water partition coefficient (Wildman–Crippen LogP) is 1.24. The van der Waals surface area contributed by atoms with Gasteiger partial charge in [0.25, 0.3) is 5.79 Å². The van der Waals surface area contributed by atoms with Gasteiger partial charge in [-0.15, -0.1) is 6.58 Å². The molecule has 106 valence electrons. The van der Waals surface area contributed by atoms with Crippen LogP contribution in [0.2, 0.25) is 0 Å². The largest absolute Gasteiger partial charge is 0.419 e.